The van der Waals surface area contributed by atoms with Crippen molar-refractivity contribution in [2.45, 2.75) is 13.8 Å². The summed E-state index contributed by atoms with van der Waals surface area (Å²) in [4.78, 5) is 11.5. The van der Waals surface area contributed by atoms with Crippen molar-refractivity contribution in [3.05, 3.63) is 41.6 Å². The lowest BCUT2D eigenvalue weighted by molar-refractivity contribution is 0.244. The minimum Gasteiger partial charge on any atom is -0.395 e. The van der Waals surface area contributed by atoms with Gasteiger partial charge in [0.15, 0.2) is 5.82 Å². The van der Waals surface area contributed by atoms with Crippen LogP contribution >= 0.6 is 0 Å². The number of anilines is 1. The van der Waals surface area contributed by atoms with E-state index in [0.717, 1.165) is 11.4 Å². The average Bonchev–Trinajstić information content (AvgIpc) is 2.78. The Kier molecular flexibility index (Phi) is 4.37. The Labute approximate surface area is 117 Å². The summed E-state index contributed by atoms with van der Waals surface area (Å²) < 4.78 is 1.76. The Hall–Kier alpha value is -2.34. The topological polar surface area (TPSA) is 79.2 Å². The number of aliphatic hydroxyl groups is 1. The van der Waals surface area contributed by atoms with E-state index in [1.807, 2.05) is 38.1 Å². The van der Waals surface area contributed by atoms with Crippen molar-refractivity contribution in [3.8, 4) is 5.69 Å². The van der Waals surface area contributed by atoms with Crippen LogP contribution in [0.25, 0.3) is 5.69 Å². The number of aromatic nitrogens is 2. The molecule has 1 aromatic heterocycles. The lowest BCUT2D eigenvalue weighted by Gasteiger charge is -2.05. The Balaban J connectivity index is 2.13. The second-order valence-electron chi connectivity index (χ2n) is 4.52. The predicted molar refractivity (Wildman–Crippen MR) is 77.1 cm³/mol. The zero-order valence-corrected chi connectivity index (χ0v) is 11.6. The van der Waals surface area contributed by atoms with E-state index in [1.165, 1.54) is 5.56 Å². The van der Waals surface area contributed by atoms with Crippen molar-refractivity contribution in [2.75, 3.05) is 18.5 Å². The number of benzene rings is 1. The molecule has 6 heteroatoms. The van der Waals surface area contributed by atoms with E-state index >= 15 is 0 Å². The minimum absolute atomic E-state index is 0.0930. The van der Waals surface area contributed by atoms with Crippen LogP contribution in [0, 0.1) is 13.8 Å². The molecule has 2 amide bonds. The Morgan fingerprint density at radius 1 is 1.30 bits per heavy atom. The number of amides is 2. The van der Waals surface area contributed by atoms with Crippen molar-refractivity contribution in [2.24, 2.45) is 0 Å². The third-order valence-corrected chi connectivity index (χ3v) is 2.80. The summed E-state index contributed by atoms with van der Waals surface area (Å²) in [5.41, 5.74) is 3.04. The fourth-order valence-corrected chi connectivity index (χ4v) is 1.81. The van der Waals surface area contributed by atoms with Crippen LogP contribution in [0.5, 0.6) is 0 Å². The van der Waals surface area contributed by atoms with E-state index in [4.69, 9.17) is 5.11 Å². The highest BCUT2D eigenvalue weighted by Gasteiger charge is 2.08. The number of carbonyl (C=O) groups is 1. The summed E-state index contributed by atoms with van der Waals surface area (Å²) in [6, 6.07) is 9.39. The summed E-state index contributed by atoms with van der Waals surface area (Å²) in [5, 5.41) is 18.1. The van der Waals surface area contributed by atoms with E-state index in [1.54, 1.807) is 10.7 Å². The van der Waals surface area contributed by atoms with E-state index in [0.29, 0.717) is 5.82 Å². The van der Waals surface area contributed by atoms with Crippen LogP contribution in [0.2, 0.25) is 0 Å². The highest BCUT2D eigenvalue weighted by atomic mass is 16.3. The van der Waals surface area contributed by atoms with Crippen molar-refractivity contribution >= 4 is 11.8 Å². The molecule has 0 saturated carbocycles. The van der Waals surface area contributed by atoms with Crippen LogP contribution in [0.4, 0.5) is 10.6 Å². The SMILES string of the molecule is Cc1ccc(-n2nc(NC(=O)NCCO)cc2C)cc1. The van der Waals surface area contributed by atoms with E-state index < -0.39 is 0 Å². The van der Waals surface area contributed by atoms with Gasteiger partial charge in [-0.15, -0.1) is 5.10 Å². The average molecular weight is 274 g/mol. The summed E-state index contributed by atoms with van der Waals surface area (Å²) >= 11 is 0. The molecule has 0 radical (unpaired) electrons. The van der Waals surface area contributed by atoms with Crippen LogP contribution in [0.3, 0.4) is 0 Å². The quantitative estimate of drug-likeness (QED) is 0.792. The predicted octanol–water partition coefficient (Wildman–Crippen LogP) is 1.60. The minimum atomic E-state index is -0.382. The maximum absolute atomic E-state index is 11.5. The van der Waals surface area contributed by atoms with Gasteiger partial charge in [-0.25, -0.2) is 9.48 Å². The fourth-order valence-electron chi connectivity index (χ4n) is 1.81. The van der Waals surface area contributed by atoms with Gasteiger partial charge in [0.25, 0.3) is 0 Å². The van der Waals surface area contributed by atoms with Crippen molar-refractivity contribution in [1.29, 1.82) is 0 Å². The molecule has 2 rings (SSSR count). The molecule has 0 atom stereocenters. The number of aryl methyl sites for hydroxylation is 2. The van der Waals surface area contributed by atoms with Gasteiger partial charge in [0.05, 0.1) is 12.3 Å². The molecule has 0 unspecified atom stereocenters. The van der Waals surface area contributed by atoms with Crippen LogP contribution < -0.4 is 10.6 Å². The highest BCUT2D eigenvalue weighted by Crippen LogP contribution is 2.15. The Bertz CT molecular complexity index is 590. The largest absolute Gasteiger partial charge is 0.395 e. The summed E-state index contributed by atoms with van der Waals surface area (Å²) in [6.45, 7) is 4.07. The monoisotopic (exact) mass is 274 g/mol. The number of urea groups is 1. The zero-order chi connectivity index (χ0) is 14.5. The summed E-state index contributed by atoms with van der Waals surface area (Å²) in [7, 11) is 0. The van der Waals surface area contributed by atoms with Gasteiger partial charge < -0.3 is 10.4 Å². The van der Waals surface area contributed by atoms with Crippen LogP contribution in [0.1, 0.15) is 11.3 Å². The number of nitrogens with one attached hydrogen (secondary N) is 2. The molecule has 106 valence electrons. The maximum Gasteiger partial charge on any atom is 0.320 e. The zero-order valence-electron chi connectivity index (χ0n) is 11.6. The highest BCUT2D eigenvalue weighted by molar-refractivity contribution is 5.88. The van der Waals surface area contributed by atoms with Gasteiger partial charge in [-0.1, -0.05) is 17.7 Å². The van der Waals surface area contributed by atoms with Crippen LogP contribution in [0.15, 0.2) is 30.3 Å². The van der Waals surface area contributed by atoms with Crippen LogP contribution in [-0.2, 0) is 0 Å². The molecule has 1 aromatic carbocycles. The molecule has 1 heterocycles. The first-order valence-electron chi connectivity index (χ1n) is 6.39. The number of aliphatic hydroxyl groups excluding tert-OH is 1. The molecule has 20 heavy (non-hydrogen) atoms. The van der Waals surface area contributed by atoms with Gasteiger partial charge in [-0.05, 0) is 26.0 Å². The normalized spacial score (nSPS) is 10.3. The lowest BCUT2D eigenvalue weighted by atomic mass is 10.2. The first-order chi connectivity index (χ1) is 9.60. The molecule has 0 saturated heterocycles. The second kappa shape index (κ2) is 6.21. The van der Waals surface area contributed by atoms with E-state index in [2.05, 4.69) is 15.7 Å². The molecule has 0 aliphatic rings. The number of hydrogen-bond acceptors (Lipinski definition) is 3. The number of hydrogen-bond donors (Lipinski definition) is 3. The summed E-state index contributed by atoms with van der Waals surface area (Å²) in [5.74, 6) is 0.471. The molecular formula is C14H18N4O2. The van der Waals surface area contributed by atoms with Gasteiger partial charge in [0, 0.05) is 18.3 Å². The third kappa shape index (κ3) is 3.36. The fraction of sp³-hybridized carbons (Fsp3) is 0.286. The molecule has 0 aliphatic heterocycles. The molecule has 0 bridgehead atoms. The maximum atomic E-state index is 11.5. The Morgan fingerprint density at radius 3 is 2.65 bits per heavy atom. The standard InChI is InChI=1S/C14H18N4O2/c1-10-3-5-12(6-4-10)18-11(2)9-13(17-18)16-14(20)15-7-8-19/h3-6,9,19H,7-8H2,1-2H3,(H2,15,16,17,20). The van der Waals surface area contributed by atoms with Crippen LogP contribution in [-0.4, -0.2) is 34.1 Å². The molecular weight excluding hydrogens is 256 g/mol. The summed E-state index contributed by atoms with van der Waals surface area (Å²) in [6.07, 6.45) is 0. The molecule has 6 nitrogen and oxygen atoms in total. The first kappa shape index (κ1) is 14.1. The van der Waals surface area contributed by atoms with Gasteiger partial charge in [0.2, 0.25) is 0 Å². The third-order valence-electron chi connectivity index (χ3n) is 2.80. The van der Waals surface area contributed by atoms with Gasteiger partial charge in [0.1, 0.15) is 0 Å². The second-order valence-corrected chi connectivity index (χ2v) is 4.52. The lowest BCUT2D eigenvalue weighted by Crippen LogP contribution is -2.31. The van der Waals surface area contributed by atoms with Crippen molar-refractivity contribution in [3.63, 3.8) is 0 Å². The van der Waals surface area contributed by atoms with Gasteiger partial charge >= 0.3 is 6.03 Å². The Morgan fingerprint density at radius 2 is 2.00 bits per heavy atom. The first-order valence-corrected chi connectivity index (χ1v) is 6.39. The van der Waals surface area contributed by atoms with Gasteiger partial charge in [-0.2, -0.15) is 0 Å². The van der Waals surface area contributed by atoms with Crippen molar-refractivity contribution < 1.29 is 9.90 Å². The number of nitrogens with zero attached hydrogens (tertiary/aromatic N) is 2. The molecule has 0 spiro atoms. The number of rotatable bonds is 4. The smallest absolute Gasteiger partial charge is 0.320 e. The molecule has 0 aliphatic carbocycles. The van der Waals surface area contributed by atoms with Gasteiger partial charge in [-0.3, -0.25) is 5.32 Å². The van der Waals surface area contributed by atoms with E-state index in [-0.39, 0.29) is 19.2 Å². The van der Waals surface area contributed by atoms with Crippen molar-refractivity contribution in [1.82, 2.24) is 15.1 Å². The van der Waals surface area contributed by atoms with E-state index in [9.17, 15) is 4.79 Å². The molecule has 0 fully saturated rings. The molecule has 3 N–H and O–H groups in total. The number of carbonyl (C=O) groups excluding carboxylic acids is 1. The molecule has 2 aromatic rings.